The zero-order chi connectivity index (χ0) is 11.8. The molecule has 0 saturated carbocycles. The van der Waals surface area contributed by atoms with Crippen molar-refractivity contribution >= 4 is 27.3 Å². The number of hydrogen-bond donors (Lipinski definition) is 1. The Hall–Kier alpha value is -1.21. The number of hydrogen-bond acceptors (Lipinski definition) is 3. The lowest BCUT2D eigenvalue weighted by Crippen LogP contribution is -2.47. The first kappa shape index (κ1) is 11.3. The molecule has 84 valence electrons. The van der Waals surface area contributed by atoms with Crippen LogP contribution in [0.15, 0.2) is 22.7 Å². The van der Waals surface area contributed by atoms with E-state index in [2.05, 4.69) is 38.3 Å². The van der Waals surface area contributed by atoms with Gasteiger partial charge < -0.3 is 10.2 Å². The molecular weight excluding hydrogens is 266 g/mol. The van der Waals surface area contributed by atoms with Gasteiger partial charge in [0.2, 0.25) is 0 Å². The lowest BCUT2D eigenvalue weighted by atomic mass is 10.0. The molecule has 16 heavy (non-hydrogen) atoms. The number of rotatable bonds is 1. The number of fused-ring (bicyclic) bond motifs is 1. The molecule has 4 heteroatoms. The molecular formula is C12H14BrN3. The molecule has 0 spiro atoms. The van der Waals surface area contributed by atoms with Gasteiger partial charge in [-0.25, -0.2) is 0 Å². The third-order valence-corrected chi connectivity index (χ3v) is 3.34. The summed E-state index contributed by atoms with van der Waals surface area (Å²) in [6.07, 6.45) is 0. The molecule has 1 aromatic rings. The van der Waals surface area contributed by atoms with Crippen LogP contribution in [0.4, 0.5) is 11.4 Å². The molecule has 0 saturated heterocycles. The van der Waals surface area contributed by atoms with Gasteiger partial charge in [-0.1, -0.05) is 15.9 Å². The summed E-state index contributed by atoms with van der Waals surface area (Å²) in [6, 6.07) is 8.46. The van der Waals surface area contributed by atoms with E-state index in [0.717, 1.165) is 28.9 Å². The molecule has 1 aliphatic rings. The number of benzene rings is 1. The predicted octanol–water partition coefficient (Wildman–Crippen LogP) is 2.98. The van der Waals surface area contributed by atoms with E-state index < -0.39 is 5.54 Å². The van der Waals surface area contributed by atoms with Crippen molar-refractivity contribution in [3.05, 3.63) is 22.7 Å². The minimum atomic E-state index is -0.475. The normalized spacial score (nSPS) is 15.0. The summed E-state index contributed by atoms with van der Waals surface area (Å²) >= 11 is 3.47. The van der Waals surface area contributed by atoms with E-state index in [-0.39, 0.29) is 0 Å². The molecule has 1 N–H and O–H groups in total. The van der Waals surface area contributed by atoms with Gasteiger partial charge >= 0.3 is 0 Å². The fourth-order valence-corrected chi connectivity index (χ4v) is 2.29. The van der Waals surface area contributed by atoms with Gasteiger partial charge in [0.1, 0.15) is 5.54 Å². The monoisotopic (exact) mass is 279 g/mol. The molecule has 0 amide bonds. The maximum atomic E-state index is 9.22. The molecule has 3 nitrogen and oxygen atoms in total. The Kier molecular flexibility index (Phi) is 2.81. The third-order valence-electron chi connectivity index (χ3n) is 2.85. The number of nitrogens with zero attached hydrogens (tertiary/aromatic N) is 2. The fraction of sp³-hybridized carbons (Fsp3) is 0.417. The molecule has 0 fully saturated rings. The Labute approximate surface area is 104 Å². The lowest BCUT2D eigenvalue weighted by Gasteiger charge is -2.39. The van der Waals surface area contributed by atoms with E-state index in [1.165, 1.54) is 0 Å². The summed E-state index contributed by atoms with van der Waals surface area (Å²) in [5.74, 6) is 0. The van der Waals surface area contributed by atoms with Crippen LogP contribution in [-0.4, -0.2) is 18.6 Å². The first-order valence-corrected chi connectivity index (χ1v) is 6.06. The van der Waals surface area contributed by atoms with Crippen molar-refractivity contribution in [3.8, 4) is 6.07 Å². The van der Waals surface area contributed by atoms with Crippen molar-refractivity contribution in [1.29, 1.82) is 5.26 Å². The summed E-state index contributed by atoms with van der Waals surface area (Å²) in [5.41, 5.74) is 1.71. The minimum absolute atomic E-state index is 0.475. The molecule has 0 atom stereocenters. The highest BCUT2D eigenvalue weighted by molar-refractivity contribution is 9.10. The first-order valence-electron chi connectivity index (χ1n) is 5.27. The Balaban J connectivity index is 2.48. The lowest BCUT2D eigenvalue weighted by molar-refractivity contribution is 0.572. The van der Waals surface area contributed by atoms with Crippen LogP contribution in [0.1, 0.15) is 13.8 Å². The summed E-state index contributed by atoms with van der Waals surface area (Å²) in [5, 5.41) is 12.6. The van der Waals surface area contributed by atoms with Crippen LogP contribution in [0.3, 0.4) is 0 Å². The second kappa shape index (κ2) is 3.99. The number of nitriles is 1. The van der Waals surface area contributed by atoms with Gasteiger partial charge in [-0.3, -0.25) is 0 Å². The third kappa shape index (κ3) is 1.88. The van der Waals surface area contributed by atoms with E-state index in [4.69, 9.17) is 0 Å². The topological polar surface area (TPSA) is 39.1 Å². The van der Waals surface area contributed by atoms with Crippen LogP contribution in [0.2, 0.25) is 0 Å². The number of nitrogens with one attached hydrogen (secondary N) is 1. The summed E-state index contributed by atoms with van der Waals surface area (Å²) < 4.78 is 1.04. The predicted molar refractivity (Wildman–Crippen MR) is 69.7 cm³/mol. The molecule has 1 aromatic carbocycles. The molecule has 0 unspecified atom stereocenters. The Morgan fingerprint density at radius 2 is 2.25 bits per heavy atom. The first-order chi connectivity index (χ1) is 7.54. The molecule has 0 bridgehead atoms. The Bertz CT molecular complexity index is 448. The zero-order valence-electron chi connectivity index (χ0n) is 9.42. The molecule has 1 heterocycles. The standard InChI is InChI=1S/C12H14BrN3/c1-12(2,8-14)16-6-5-15-10-4-3-9(13)7-11(10)16/h3-4,7,15H,5-6H2,1-2H3. The second-order valence-electron chi connectivity index (χ2n) is 4.41. The highest BCUT2D eigenvalue weighted by Crippen LogP contribution is 2.35. The molecule has 1 aliphatic heterocycles. The maximum Gasteiger partial charge on any atom is 0.122 e. The average Bonchev–Trinajstić information content (AvgIpc) is 2.28. The van der Waals surface area contributed by atoms with E-state index in [0.29, 0.717) is 0 Å². The van der Waals surface area contributed by atoms with Gasteiger partial charge in [-0.15, -0.1) is 0 Å². The van der Waals surface area contributed by atoms with Crippen LogP contribution in [0, 0.1) is 11.3 Å². The van der Waals surface area contributed by atoms with Crippen LogP contribution in [0.25, 0.3) is 0 Å². The van der Waals surface area contributed by atoms with Crippen LogP contribution in [-0.2, 0) is 0 Å². The van der Waals surface area contributed by atoms with E-state index in [1.807, 2.05) is 26.0 Å². The van der Waals surface area contributed by atoms with Crippen LogP contribution >= 0.6 is 15.9 Å². The van der Waals surface area contributed by atoms with Gasteiger partial charge in [-0.2, -0.15) is 5.26 Å². The van der Waals surface area contributed by atoms with Crippen LogP contribution in [0.5, 0.6) is 0 Å². The van der Waals surface area contributed by atoms with Crippen molar-refractivity contribution in [1.82, 2.24) is 0 Å². The van der Waals surface area contributed by atoms with E-state index >= 15 is 0 Å². The maximum absolute atomic E-state index is 9.22. The van der Waals surface area contributed by atoms with Crippen molar-refractivity contribution < 1.29 is 0 Å². The average molecular weight is 280 g/mol. The summed E-state index contributed by atoms with van der Waals surface area (Å²) in [4.78, 5) is 2.14. The smallest absolute Gasteiger partial charge is 0.122 e. The van der Waals surface area contributed by atoms with Gasteiger partial charge in [0.15, 0.2) is 0 Å². The highest BCUT2D eigenvalue weighted by atomic mass is 79.9. The Morgan fingerprint density at radius 1 is 1.50 bits per heavy atom. The van der Waals surface area contributed by atoms with Crippen molar-refractivity contribution in [2.75, 3.05) is 23.3 Å². The SMILES string of the molecule is CC(C)(C#N)N1CCNc2ccc(Br)cc21. The molecule has 2 rings (SSSR count). The summed E-state index contributed by atoms with van der Waals surface area (Å²) in [6.45, 7) is 5.62. The zero-order valence-corrected chi connectivity index (χ0v) is 11.0. The highest BCUT2D eigenvalue weighted by Gasteiger charge is 2.30. The van der Waals surface area contributed by atoms with Gasteiger partial charge in [-0.05, 0) is 32.0 Å². The van der Waals surface area contributed by atoms with Gasteiger partial charge in [0, 0.05) is 17.6 Å². The van der Waals surface area contributed by atoms with Gasteiger partial charge in [0.25, 0.3) is 0 Å². The van der Waals surface area contributed by atoms with Gasteiger partial charge in [0.05, 0.1) is 17.4 Å². The fourth-order valence-electron chi connectivity index (χ4n) is 1.94. The number of anilines is 2. The second-order valence-corrected chi connectivity index (χ2v) is 5.33. The van der Waals surface area contributed by atoms with Crippen LogP contribution < -0.4 is 10.2 Å². The summed E-state index contributed by atoms with van der Waals surface area (Å²) in [7, 11) is 0. The molecule has 0 radical (unpaired) electrons. The molecule has 0 aliphatic carbocycles. The minimum Gasteiger partial charge on any atom is -0.382 e. The van der Waals surface area contributed by atoms with Crippen molar-refractivity contribution in [2.24, 2.45) is 0 Å². The largest absolute Gasteiger partial charge is 0.382 e. The molecule has 0 aromatic heterocycles. The van der Waals surface area contributed by atoms with E-state index in [9.17, 15) is 5.26 Å². The van der Waals surface area contributed by atoms with Crippen molar-refractivity contribution in [3.63, 3.8) is 0 Å². The van der Waals surface area contributed by atoms with Crippen molar-refractivity contribution in [2.45, 2.75) is 19.4 Å². The van der Waals surface area contributed by atoms with E-state index in [1.54, 1.807) is 0 Å². The Morgan fingerprint density at radius 3 is 2.94 bits per heavy atom. The number of halogens is 1. The quantitative estimate of drug-likeness (QED) is 0.859.